The summed E-state index contributed by atoms with van der Waals surface area (Å²) in [5.41, 5.74) is 1.97. The molecule has 1 saturated heterocycles. The van der Waals surface area contributed by atoms with Crippen LogP contribution in [-0.2, 0) is 11.2 Å². The molecule has 1 aliphatic heterocycles. The minimum Gasteiger partial charge on any atom is -0.497 e. The summed E-state index contributed by atoms with van der Waals surface area (Å²) in [6.45, 7) is 3.40. The molecule has 1 aromatic carbocycles. The molecule has 2 amide bonds. The maximum absolute atomic E-state index is 13.0. The second kappa shape index (κ2) is 10.6. The van der Waals surface area contributed by atoms with E-state index in [1.54, 1.807) is 37.6 Å². The van der Waals surface area contributed by atoms with Crippen molar-refractivity contribution >= 4 is 17.5 Å². The number of carbonyl (C=O) groups excluding carboxylic acids is 2. The molecule has 1 N–H and O–H groups in total. The number of ether oxygens (including phenoxy) is 1. The zero-order valence-electron chi connectivity index (χ0n) is 19.4. The van der Waals surface area contributed by atoms with Gasteiger partial charge < -0.3 is 15.0 Å². The Hall–Kier alpha value is -3.22. The largest absolute Gasteiger partial charge is 0.497 e. The number of piperidine rings is 1. The number of aromatic nitrogens is 2. The number of hydrogen-bond acceptors (Lipinski definition) is 5. The molecule has 7 heteroatoms. The first-order chi connectivity index (χ1) is 16.0. The van der Waals surface area contributed by atoms with Gasteiger partial charge in [-0.2, -0.15) is 0 Å². The van der Waals surface area contributed by atoms with Gasteiger partial charge in [-0.3, -0.25) is 9.59 Å². The molecule has 1 fully saturated rings. The Bertz CT molecular complexity index is 1010. The summed E-state index contributed by atoms with van der Waals surface area (Å²) in [7, 11) is 1.61. The Morgan fingerprint density at radius 2 is 1.88 bits per heavy atom. The average molecular weight is 449 g/mol. The van der Waals surface area contributed by atoms with Gasteiger partial charge in [0, 0.05) is 30.9 Å². The van der Waals surface area contributed by atoms with Crippen molar-refractivity contribution in [3.8, 4) is 5.75 Å². The Morgan fingerprint density at radius 3 is 2.55 bits per heavy atom. The van der Waals surface area contributed by atoms with Crippen molar-refractivity contribution in [2.75, 3.05) is 25.5 Å². The van der Waals surface area contributed by atoms with E-state index in [4.69, 9.17) is 4.74 Å². The van der Waals surface area contributed by atoms with Gasteiger partial charge in [-0.1, -0.05) is 12.2 Å². The summed E-state index contributed by atoms with van der Waals surface area (Å²) in [5.74, 6) is 2.01. The molecule has 2 aromatic rings. The third kappa shape index (κ3) is 5.78. The van der Waals surface area contributed by atoms with E-state index in [2.05, 4.69) is 27.4 Å². The fraction of sp³-hybridized carbons (Fsp3) is 0.462. The standard InChI is InChI=1S/C26H32N4O3/c1-18-27-17-23(25(31)29-21-8-10-22(33-2)11-9-21)24(28-18)16-19-12-14-30(15-13-19)26(32)20-6-4-3-5-7-20/h3-4,8-11,17,19-20H,5-7,12-16H2,1-2H3,(H,29,31)/t20-/m0/s1. The molecule has 0 spiro atoms. The third-order valence-corrected chi connectivity index (χ3v) is 6.61. The topological polar surface area (TPSA) is 84.4 Å². The smallest absolute Gasteiger partial charge is 0.259 e. The van der Waals surface area contributed by atoms with Gasteiger partial charge in [-0.25, -0.2) is 9.97 Å². The Balaban J connectivity index is 1.38. The lowest BCUT2D eigenvalue weighted by molar-refractivity contribution is -0.137. The van der Waals surface area contributed by atoms with Gasteiger partial charge in [0.05, 0.1) is 18.4 Å². The normalized spacial score (nSPS) is 18.7. The van der Waals surface area contributed by atoms with E-state index in [-0.39, 0.29) is 11.8 Å². The van der Waals surface area contributed by atoms with Crippen LogP contribution in [0, 0.1) is 18.8 Å². The monoisotopic (exact) mass is 448 g/mol. The quantitative estimate of drug-likeness (QED) is 0.670. The molecule has 0 radical (unpaired) electrons. The van der Waals surface area contributed by atoms with E-state index >= 15 is 0 Å². The number of benzene rings is 1. The average Bonchev–Trinajstić information content (AvgIpc) is 2.85. The number of methoxy groups -OCH3 is 1. The number of allylic oxidation sites excluding steroid dienone is 2. The van der Waals surface area contributed by atoms with E-state index in [9.17, 15) is 9.59 Å². The maximum Gasteiger partial charge on any atom is 0.259 e. The van der Waals surface area contributed by atoms with Crippen LogP contribution in [0.5, 0.6) is 5.75 Å². The number of likely N-dealkylation sites (tertiary alicyclic amines) is 1. The lowest BCUT2D eigenvalue weighted by Gasteiger charge is -2.34. The zero-order chi connectivity index (χ0) is 23.2. The van der Waals surface area contributed by atoms with E-state index in [0.717, 1.165) is 56.6 Å². The highest BCUT2D eigenvalue weighted by Gasteiger charge is 2.29. The third-order valence-electron chi connectivity index (χ3n) is 6.61. The van der Waals surface area contributed by atoms with Crippen LogP contribution in [-0.4, -0.2) is 46.9 Å². The Morgan fingerprint density at radius 1 is 1.12 bits per heavy atom. The molecule has 2 heterocycles. The second-order valence-electron chi connectivity index (χ2n) is 8.91. The molecule has 0 saturated carbocycles. The first kappa shape index (κ1) is 23.0. The van der Waals surface area contributed by atoms with E-state index in [1.165, 1.54) is 0 Å². The van der Waals surface area contributed by atoms with Crippen LogP contribution in [0.2, 0.25) is 0 Å². The number of nitrogens with zero attached hydrogens (tertiary/aromatic N) is 3. The number of nitrogens with one attached hydrogen (secondary N) is 1. The van der Waals surface area contributed by atoms with Crippen molar-refractivity contribution in [3.63, 3.8) is 0 Å². The number of anilines is 1. The van der Waals surface area contributed by atoms with Crippen LogP contribution in [0.15, 0.2) is 42.6 Å². The molecule has 4 rings (SSSR count). The summed E-state index contributed by atoms with van der Waals surface area (Å²) < 4.78 is 5.17. The molecular weight excluding hydrogens is 416 g/mol. The van der Waals surface area contributed by atoms with Gasteiger partial charge in [0.1, 0.15) is 11.6 Å². The van der Waals surface area contributed by atoms with Gasteiger partial charge in [-0.15, -0.1) is 0 Å². The Kier molecular flexibility index (Phi) is 7.37. The molecule has 174 valence electrons. The van der Waals surface area contributed by atoms with E-state index in [1.807, 2.05) is 11.8 Å². The van der Waals surface area contributed by atoms with Crippen LogP contribution < -0.4 is 10.1 Å². The van der Waals surface area contributed by atoms with Gasteiger partial charge in [-0.05, 0) is 75.6 Å². The molecule has 33 heavy (non-hydrogen) atoms. The highest BCUT2D eigenvalue weighted by molar-refractivity contribution is 6.04. The number of rotatable bonds is 6. The first-order valence-corrected chi connectivity index (χ1v) is 11.7. The highest BCUT2D eigenvalue weighted by Crippen LogP contribution is 2.27. The van der Waals surface area contributed by atoms with Crippen LogP contribution in [0.25, 0.3) is 0 Å². The summed E-state index contributed by atoms with van der Waals surface area (Å²) >= 11 is 0. The number of aryl methyl sites for hydroxylation is 1. The van der Waals surface area contributed by atoms with Crippen molar-refractivity contribution in [2.24, 2.45) is 11.8 Å². The van der Waals surface area contributed by atoms with Crippen LogP contribution >= 0.6 is 0 Å². The van der Waals surface area contributed by atoms with Gasteiger partial charge >= 0.3 is 0 Å². The Labute approximate surface area is 195 Å². The predicted octanol–water partition coefficient (Wildman–Crippen LogP) is 4.18. The fourth-order valence-corrected chi connectivity index (χ4v) is 4.64. The lowest BCUT2D eigenvalue weighted by Crippen LogP contribution is -2.42. The molecular formula is C26H32N4O3. The van der Waals surface area contributed by atoms with Gasteiger partial charge in [0.2, 0.25) is 5.91 Å². The molecule has 1 aliphatic carbocycles. The maximum atomic E-state index is 13.0. The SMILES string of the molecule is COc1ccc(NC(=O)c2cnc(C)nc2CC2CCN(C(=O)[C@H]3CC=CCC3)CC2)cc1. The van der Waals surface area contributed by atoms with Crippen molar-refractivity contribution in [2.45, 2.75) is 45.4 Å². The summed E-state index contributed by atoms with van der Waals surface area (Å²) in [4.78, 5) is 36.7. The van der Waals surface area contributed by atoms with Crippen LogP contribution in [0.4, 0.5) is 5.69 Å². The van der Waals surface area contributed by atoms with Crippen molar-refractivity contribution < 1.29 is 14.3 Å². The lowest BCUT2D eigenvalue weighted by atomic mass is 9.88. The summed E-state index contributed by atoms with van der Waals surface area (Å²) in [5, 5.41) is 2.93. The first-order valence-electron chi connectivity index (χ1n) is 11.7. The minimum atomic E-state index is -0.215. The highest BCUT2D eigenvalue weighted by atomic mass is 16.5. The van der Waals surface area contributed by atoms with Crippen molar-refractivity contribution in [3.05, 3.63) is 59.7 Å². The molecule has 0 unspecified atom stereocenters. The van der Waals surface area contributed by atoms with E-state index < -0.39 is 0 Å². The molecule has 1 atom stereocenters. The van der Waals surface area contributed by atoms with Crippen LogP contribution in [0.3, 0.4) is 0 Å². The van der Waals surface area contributed by atoms with Crippen molar-refractivity contribution in [1.82, 2.24) is 14.9 Å². The molecule has 1 aromatic heterocycles. The van der Waals surface area contributed by atoms with Crippen molar-refractivity contribution in [1.29, 1.82) is 0 Å². The summed E-state index contributed by atoms with van der Waals surface area (Å²) in [6.07, 6.45) is 11.3. The van der Waals surface area contributed by atoms with Gasteiger partial charge in [0.15, 0.2) is 0 Å². The summed E-state index contributed by atoms with van der Waals surface area (Å²) in [6, 6.07) is 7.22. The number of carbonyl (C=O) groups is 2. The number of amides is 2. The molecule has 7 nitrogen and oxygen atoms in total. The minimum absolute atomic E-state index is 0.143. The predicted molar refractivity (Wildman–Crippen MR) is 127 cm³/mol. The molecule has 2 aliphatic rings. The molecule has 0 bridgehead atoms. The number of hydrogen-bond donors (Lipinski definition) is 1. The van der Waals surface area contributed by atoms with Gasteiger partial charge in [0.25, 0.3) is 5.91 Å². The van der Waals surface area contributed by atoms with Crippen LogP contribution in [0.1, 0.15) is 54.0 Å². The fourth-order valence-electron chi connectivity index (χ4n) is 4.64. The van der Waals surface area contributed by atoms with E-state index in [0.29, 0.717) is 35.3 Å². The second-order valence-corrected chi connectivity index (χ2v) is 8.91. The zero-order valence-corrected chi connectivity index (χ0v) is 19.4.